The molecule has 1 fully saturated rings. The summed E-state index contributed by atoms with van der Waals surface area (Å²) >= 11 is 8.93. The number of hydrogen-bond acceptors (Lipinski definition) is 10. The summed E-state index contributed by atoms with van der Waals surface area (Å²) in [4.78, 5) is 28.9. The molecule has 0 spiro atoms. The highest BCUT2D eigenvalue weighted by atomic mass is 35.5. The molecule has 1 saturated heterocycles. The third-order valence-electron chi connectivity index (χ3n) is 7.46. The fraction of sp³-hybridized carbons (Fsp3) is 0.235. The van der Waals surface area contributed by atoms with Gasteiger partial charge in [0.1, 0.15) is 24.2 Å². The van der Waals surface area contributed by atoms with E-state index in [0.717, 1.165) is 16.9 Å². The fourth-order valence-electron chi connectivity index (χ4n) is 5.41. The molecule has 0 unspecified atom stereocenters. The number of aliphatic hydroxyl groups is 1. The van der Waals surface area contributed by atoms with Crippen LogP contribution < -0.4 is 19.1 Å². The van der Waals surface area contributed by atoms with Gasteiger partial charge >= 0.3 is 5.91 Å². The Morgan fingerprint density at radius 3 is 2.76 bits per heavy atom. The molecule has 2 aliphatic rings. The molecule has 46 heavy (non-hydrogen) atoms. The normalized spacial score (nSPS) is 18.4. The molecule has 236 valence electrons. The fourth-order valence-corrected chi connectivity index (χ4v) is 7.57. The minimum absolute atomic E-state index is 0.000768. The van der Waals surface area contributed by atoms with E-state index in [2.05, 4.69) is 16.8 Å². The van der Waals surface area contributed by atoms with Crippen LogP contribution in [-0.4, -0.2) is 46.3 Å². The lowest BCUT2D eigenvalue weighted by Crippen LogP contribution is -2.29. The van der Waals surface area contributed by atoms with Gasteiger partial charge in [0.2, 0.25) is 5.13 Å². The van der Waals surface area contributed by atoms with Crippen molar-refractivity contribution in [3.05, 3.63) is 106 Å². The lowest BCUT2D eigenvalue weighted by molar-refractivity contribution is -0.132. The number of nitrogens with zero attached hydrogens (tertiary/aromatic N) is 3. The van der Waals surface area contributed by atoms with Crippen LogP contribution in [0.2, 0.25) is 5.02 Å². The van der Waals surface area contributed by atoms with Crippen LogP contribution in [0.15, 0.2) is 83.2 Å². The van der Waals surface area contributed by atoms with Crippen LogP contribution in [0.5, 0.6) is 17.2 Å². The van der Waals surface area contributed by atoms with E-state index in [1.807, 2.05) is 38.1 Å². The molecule has 9 nitrogen and oxygen atoms in total. The molecular formula is C34H30ClN3O6S2. The summed E-state index contributed by atoms with van der Waals surface area (Å²) in [6.45, 7) is 8.13. The summed E-state index contributed by atoms with van der Waals surface area (Å²) in [5.41, 5.74) is 2.70. The molecule has 0 radical (unpaired) electrons. The van der Waals surface area contributed by atoms with Crippen LogP contribution >= 0.6 is 34.7 Å². The van der Waals surface area contributed by atoms with Crippen molar-refractivity contribution in [1.29, 1.82) is 0 Å². The first-order valence-corrected chi connectivity index (χ1v) is 16.8. The highest BCUT2D eigenvalue weighted by Gasteiger charge is 2.48. The smallest absolute Gasteiger partial charge is 0.301 e. The maximum Gasteiger partial charge on any atom is 0.301 e. The number of hydrogen-bond donors (Lipinski definition) is 1. The standard InChI is InChI=1S/C34H30ClN3O6S2/c1-4-14-43-26-13-10-20(17-27(26)42-5-2)29-28(30(39)21-11-12-25-23(16-21)15-19(3)44-25)31(40)32(41)38(29)33-36-37-34(46-33)45-18-22-8-6-7-9-24(22)35/h4,6-13,16-17,19,29,39H,1,5,14-15,18H2,2-3H3/t19-,29+/m0/s1. The maximum atomic E-state index is 13.8. The summed E-state index contributed by atoms with van der Waals surface area (Å²) in [6.07, 6.45) is 2.29. The van der Waals surface area contributed by atoms with Crippen LogP contribution in [0.3, 0.4) is 0 Å². The van der Waals surface area contributed by atoms with Crippen molar-refractivity contribution in [3.8, 4) is 17.2 Å². The minimum atomic E-state index is -1.02. The Kier molecular flexibility index (Phi) is 9.34. The summed E-state index contributed by atoms with van der Waals surface area (Å²) in [6, 6.07) is 16.9. The van der Waals surface area contributed by atoms with Gasteiger partial charge in [-0.2, -0.15) is 0 Å². The minimum Gasteiger partial charge on any atom is -0.507 e. The van der Waals surface area contributed by atoms with Gasteiger partial charge in [-0.1, -0.05) is 71.6 Å². The predicted molar refractivity (Wildman–Crippen MR) is 179 cm³/mol. The number of carbonyl (C=O) groups excluding carboxylic acids is 2. The van der Waals surface area contributed by atoms with E-state index < -0.39 is 17.7 Å². The second kappa shape index (κ2) is 13.6. The highest BCUT2D eigenvalue weighted by Crippen LogP contribution is 2.46. The molecule has 6 rings (SSSR count). The molecule has 2 aliphatic heterocycles. The van der Waals surface area contributed by atoms with Crippen molar-refractivity contribution in [2.45, 2.75) is 42.5 Å². The van der Waals surface area contributed by atoms with Gasteiger partial charge in [-0.05, 0) is 66.9 Å². The number of thioether (sulfide) groups is 1. The number of Topliss-reactive ketones (excluding diaryl/α,β-unsaturated/α-hetero) is 1. The number of aromatic nitrogens is 2. The van der Waals surface area contributed by atoms with Crippen molar-refractivity contribution in [2.75, 3.05) is 18.1 Å². The zero-order chi connectivity index (χ0) is 32.4. The van der Waals surface area contributed by atoms with Crippen LogP contribution in [0, 0.1) is 0 Å². The molecule has 0 aliphatic carbocycles. The van der Waals surface area contributed by atoms with Crippen molar-refractivity contribution >= 4 is 57.3 Å². The van der Waals surface area contributed by atoms with E-state index in [-0.39, 0.29) is 29.2 Å². The van der Waals surface area contributed by atoms with Crippen molar-refractivity contribution in [1.82, 2.24) is 10.2 Å². The van der Waals surface area contributed by atoms with Gasteiger partial charge in [-0.15, -0.1) is 10.2 Å². The molecule has 1 amide bonds. The Balaban J connectivity index is 1.43. The first-order chi connectivity index (χ1) is 22.3. The van der Waals surface area contributed by atoms with E-state index in [1.54, 1.807) is 42.5 Å². The zero-order valence-corrected chi connectivity index (χ0v) is 27.5. The number of anilines is 1. The summed E-state index contributed by atoms with van der Waals surface area (Å²) in [5.74, 6) is 0.213. The van der Waals surface area contributed by atoms with Crippen LogP contribution in [-0.2, 0) is 21.8 Å². The van der Waals surface area contributed by atoms with Gasteiger partial charge in [-0.25, -0.2) is 0 Å². The Bertz CT molecular complexity index is 1860. The average molecular weight is 676 g/mol. The summed E-state index contributed by atoms with van der Waals surface area (Å²) in [7, 11) is 0. The molecule has 1 N–H and O–H groups in total. The molecule has 0 bridgehead atoms. The van der Waals surface area contributed by atoms with Gasteiger partial charge in [0.25, 0.3) is 5.78 Å². The van der Waals surface area contributed by atoms with Gasteiger partial charge in [0.05, 0.1) is 18.2 Å². The number of halogens is 1. The summed E-state index contributed by atoms with van der Waals surface area (Å²) in [5, 5.41) is 21.2. The highest BCUT2D eigenvalue weighted by molar-refractivity contribution is 8.00. The molecular weight excluding hydrogens is 646 g/mol. The Morgan fingerprint density at radius 2 is 1.98 bits per heavy atom. The molecule has 1 aromatic heterocycles. The lowest BCUT2D eigenvalue weighted by atomic mass is 9.94. The number of carbonyl (C=O) groups is 2. The van der Waals surface area contributed by atoms with E-state index in [0.29, 0.717) is 50.8 Å². The number of ketones is 1. The van der Waals surface area contributed by atoms with Crippen molar-refractivity contribution in [3.63, 3.8) is 0 Å². The van der Waals surface area contributed by atoms with Crippen LogP contribution in [0.25, 0.3) is 5.76 Å². The summed E-state index contributed by atoms with van der Waals surface area (Å²) < 4.78 is 18.1. The molecule has 12 heteroatoms. The number of aliphatic hydroxyl groups excluding tert-OH is 1. The number of fused-ring (bicyclic) bond motifs is 1. The van der Waals surface area contributed by atoms with Crippen LogP contribution in [0.1, 0.15) is 42.1 Å². The Morgan fingerprint density at radius 1 is 1.15 bits per heavy atom. The predicted octanol–water partition coefficient (Wildman–Crippen LogP) is 7.40. The van der Waals surface area contributed by atoms with Crippen molar-refractivity contribution < 1.29 is 28.9 Å². The third-order valence-corrected chi connectivity index (χ3v) is 9.94. The molecule has 3 aromatic carbocycles. The topological polar surface area (TPSA) is 111 Å². The van der Waals surface area contributed by atoms with E-state index >= 15 is 0 Å². The molecule has 4 aromatic rings. The number of amides is 1. The first-order valence-electron chi connectivity index (χ1n) is 14.6. The Hall–Kier alpha value is -4.32. The zero-order valence-electron chi connectivity index (χ0n) is 25.1. The first kappa shape index (κ1) is 31.7. The van der Waals surface area contributed by atoms with Gasteiger partial charge in [0.15, 0.2) is 15.8 Å². The van der Waals surface area contributed by atoms with Gasteiger partial charge in [-0.3, -0.25) is 14.5 Å². The van der Waals surface area contributed by atoms with Crippen LogP contribution in [0.4, 0.5) is 5.13 Å². The van der Waals surface area contributed by atoms with Gasteiger partial charge in [0, 0.05) is 22.8 Å². The second-order valence-electron chi connectivity index (χ2n) is 10.6. The third kappa shape index (κ3) is 6.22. The molecule has 0 saturated carbocycles. The second-order valence-corrected chi connectivity index (χ2v) is 13.2. The molecule has 3 heterocycles. The lowest BCUT2D eigenvalue weighted by Gasteiger charge is -2.23. The molecule has 2 atom stereocenters. The maximum absolute atomic E-state index is 13.8. The van der Waals surface area contributed by atoms with E-state index in [1.165, 1.54) is 28.0 Å². The van der Waals surface area contributed by atoms with E-state index in [9.17, 15) is 14.7 Å². The number of rotatable bonds is 11. The quantitative estimate of drug-likeness (QED) is 0.0434. The SMILES string of the molecule is C=CCOc1ccc([C@@H]2C(=C(O)c3ccc4c(c3)C[C@H](C)O4)C(=O)C(=O)N2c2nnc(SCc3ccccc3Cl)s2)cc1OCC. The monoisotopic (exact) mass is 675 g/mol. The van der Waals surface area contributed by atoms with Gasteiger partial charge < -0.3 is 19.3 Å². The largest absolute Gasteiger partial charge is 0.507 e. The Labute approximate surface area is 279 Å². The van der Waals surface area contributed by atoms with E-state index in [4.69, 9.17) is 25.8 Å². The average Bonchev–Trinajstić information content (AvgIpc) is 3.74. The number of benzene rings is 3. The van der Waals surface area contributed by atoms with Crippen molar-refractivity contribution in [2.24, 2.45) is 0 Å². The number of ether oxygens (including phenoxy) is 3.